The second-order valence-electron chi connectivity index (χ2n) is 6.30. The first-order chi connectivity index (χ1) is 12.9. The van der Waals surface area contributed by atoms with Gasteiger partial charge in [-0.15, -0.1) is 0 Å². The minimum atomic E-state index is -0.122. The van der Waals surface area contributed by atoms with Crippen LogP contribution >= 0.6 is 22.9 Å². The van der Waals surface area contributed by atoms with E-state index in [0.717, 1.165) is 22.2 Å². The number of ether oxygens (including phenoxy) is 1. The average molecular weight is 401 g/mol. The average Bonchev–Trinajstić information content (AvgIpc) is 3.13. The highest BCUT2D eigenvalue weighted by Gasteiger charge is 2.14. The molecule has 7 heteroatoms. The number of phenols is 1. The standard InChI is InChI=1S/C20H17ClN2O3S/c1-4-26-15-8-12(7-13(21)18(15)24)9-16-19(25)23-14-6-5-10(2)11(3)17(14)22-20(23)27-16/h5-9,24H,4H2,1-3H3/b16-9-. The third-order valence-corrected chi connectivity index (χ3v) is 5.84. The summed E-state index contributed by atoms with van der Waals surface area (Å²) in [4.78, 5) is 18.3. The van der Waals surface area contributed by atoms with Crippen molar-refractivity contribution in [3.05, 3.63) is 60.9 Å². The van der Waals surface area contributed by atoms with Gasteiger partial charge in [0, 0.05) is 0 Å². The number of aryl methyl sites for hydroxylation is 2. The fourth-order valence-electron chi connectivity index (χ4n) is 3.06. The minimum Gasteiger partial charge on any atom is -0.503 e. The maximum absolute atomic E-state index is 13.0. The van der Waals surface area contributed by atoms with Crippen LogP contribution in [0.25, 0.3) is 22.1 Å². The SMILES string of the molecule is CCOc1cc(/C=c2\sc3nc4c(C)c(C)ccc4n3c2=O)cc(Cl)c1O. The zero-order valence-electron chi connectivity index (χ0n) is 15.0. The van der Waals surface area contributed by atoms with E-state index in [-0.39, 0.29) is 16.3 Å². The van der Waals surface area contributed by atoms with Crippen molar-refractivity contribution in [3.8, 4) is 11.5 Å². The van der Waals surface area contributed by atoms with E-state index in [0.29, 0.717) is 27.4 Å². The summed E-state index contributed by atoms with van der Waals surface area (Å²) in [7, 11) is 0. The van der Waals surface area contributed by atoms with Crippen molar-refractivity contribution >= 4 is 45.0 Å². The van der Waals surface area contributed by atoms with Crippen LogP contribution in [0.1, 0.15) is 23.6 Å². The Morgan fingerprint density at radius 1 is 1.33 bits per heavy atom. The van der Waals surface area contributed by atoms with Crippen LogP contribution in [0.15, 0.2) is 29.1 Å². The molecule has 138 valence electrons. The molecule has 0 saturated heterocycles. The maximum Gasteiger partial charge on any atom is 0.274 e. The number of phenolic OH excluding ortho intramolecular Hbond substituents is 1. The number of halogens is 1. The van der Waals surface area contributed by atoms with Crippen molar-refractivity contribution < 1.29 is 9.84 Å². The molecule has 0 unspecified atom stereocenters. The molecule has 0 saturated carbocycles. The molecule has 2 aromatic heterocycles. The summed E-state index contributed by atoms with van der Waals surface area (Å²) in [5, 5.41) is 10.2. The van der Waals surface area contributed by atoms with Crippen LogP contribution in [0.2, 0.25) is 5.02 Å². The highest BCUT2D eigenvalue weighted by Crippen LogP contribution is 2.35. The molecule has 0 aliphatic rings. The number of aromatic nitrogens is 2. The number of hydrogen-bond donors (Lipinski definition) is 1. The molecular weight excluding hydrogens is 384 g/mol. The Balaban J connectivity index is 1.94. The first-order valence-corrected chi connectivity index (χ1v) is 9.68. The monoisotopic (exact) mass is 400 g/mol. The largest absolute Gasteiger partial charge is 0.503 e. The summed E-state index contributed by atoms with van der Waals surface area (Å²) < 4.78 is 7.59. The summed E-state index contributed by atoms with van der Waals surface area (Å²) in [6.07, 6.45) is 1.74. The number of hydrogen-bond acceptors (Lipinski definition) is 5. The van der Waals surface area contributed by atoms with Gasteiger partial charge < -0.3 is 9.84 Å². The van der Waals surface area contributed by atoms with E-state index >= 15 is 0 Å². The predicted octanol–water partition coefficient (Wildman–Crippen LogP) is 3.83. The van der Waals surface area contributed by atoms with Crippen molar-refractivity contribution in [3.63, 3.8) is 0 Å². The van der Waals surface area contributed by atoms with E-state index in [4.69, 9.17) is 16.3 Å². The van der Waals surface area contributed by atoms with E-state index in [1.54, 1.807) is 22.6 Å². The molecule has 2 heterocycles. The number of benzene rings is 2. The van der Waals surface area contributed by atoms with Crippen LogP contribution in [0, 0.1) is 13.8 Å². The maximum atomic E-state index is 13.0. The second-order valence-corrected chi connectivity index (χ2v) is 7.72. The molecule has 5 nitrogen and oxygen atoms in total. The van der Waals surface area contributed by atoms with Gasteiger partial charge in [0.05, 0.1) is 27.2 Å². The van der Waals surface area contributed by atoms with E-state index in [9.17, 15) is 9.90 Å². The van der Waals surface area contributed by atoms with Gasteiger partial charge in [-0.25, -0.2) is 9.38 Å². The molecule has 1 N–H and O–H groups in total. The Bertz CT molecular complexity index is 1310. The Labute approximate surface area is 164 Å². The summed E-state index contributed by atoms with van der Waals surface area (Å²) >= 11 is 7.41. The Kier molecular flexibility index (Phi) is 4.32. The topological polar surface area (TPSA) is 63.8 Å². The number of nitrogens with zero attached hydrogens (tertiary/aromatic N) is 2. The molecule has 0 aliphatic heterocycles. The Morgan fingerprint density at radius 3 is 2.85 bits per heavy atom. The van der Waals surface area contributed by atoms with E-state index in [1.807, 2.05) is 32.9 Å². The summed E-state index contributed by atoms with van der Waals surface area (Å²) in [5.74, 6) is 0.192. The smallest absolute Gasteiger partial charge is 0.274 e. The highest BCUT2D eigenvalue weighted by molar-refractivity contribution is 7.15. The third kappa shape index (κ3) is 2.85. The molecule has 4 rings (SSSR count). The number of rotatable bonds is 3. The molecule has 0 aliphatic carbocycles. The molecule has 0 spiro atoms. The number of fused-ring (bicyclic) bond motifs is 3. The Morgan fingerprint density at radius 2 is 2.11 bits per heavy atom. The van der Waals surface area contributed by atoms with Gasteiger partial charge in [-0.3, -0.25) is 4.79 Å². The fraction of sp³-hybridized carbons (Fsp3) is 0.200. The Hall–Kier alpha value is -2.57. The summed E-state index contributed by atoms with van der Waals surface area (Å²) in [6.45, 7) is 6.27. The van der Waals surface area contributed by atoms with Crippen LogP contribution in [0.3, 0.4) is 0 Å². The first kappa shape index (κ1) is 17.8. The summed E-state index contributed by atoms with van der Waals surface area (Å²) in [5.41, 5.74) is 4.46. The summed E-state index contributed by atoms with van der Waals surface area (Å²) in [6, 6.07) is 7.20. The van der Waals surface area contributed by atoms with Gasteiger partial charge in [0.2, 0.25) is 0 Å². The van der Waals surface area contributed by atoms with Crippen LogP contribution in [0.5, 0.6) is 11.5 Å². The minimum absolute atomic E-state index is 0.101. The third-order valence-electron chi connectivity index (χ3n) is 4.58. The molecule has 27 heavy (non-hydrogen) atoms. The van der Waals surface area contributed by atoms with Gasteiger partial charge >= 0.3 is 0 Å². The van der Waals surface area contributed by atoms with Gasteiger partial charge in [0.1, 0.15) is 0 Å². The van der Waals surface area contributed by atoms with Gasteiger partial charge in [0.15, 0.2) is 16.5 Å². The lowest BCUT2D eigenvalue weighted by molar-refractivity contribution is 0.318. The van der Waals surface area contributed by atoms with Gasteiger partial charge in [0.25, 0.3) is 5.56 Å². The van der Waals surface area contributed by atoms with Gasteiger partial charge in [-0.1, -0.05) is 29.0 Å². The normalized spacial score (nSPS) is 12.4. The zero-order chi connectivity index (χ0) is 19.3. The van der Waals surface area contributed by atoms with E-state index in [1.165, 1.54) is 11.3 Å². The van der Waals surface area contributed by atoms with Crippen molar-refractivity contribution in [2.24, 2.45) is 0 Å². The zero-order valence-corrected chi connectivity index (χ0v) is 16.6. The number of aromatic hydroxyl groups is 1. The van der Waals surface area contributed by atoms with Crippen LogP contribution in [0.4, 0.5) is 0 Å². The van der Waals surface area contributed by atoms with Crippen LogP contribution in [-0.4, -0.2) is 21.1 Å². The van der Waals surface area contributed by atoms with Crippen LogP contribution in [-0.2, 0) is 0 Å². The number of imidazole rings is 1. The molecule has 0 atom stereocenters. The molecule has 4 aromatic rings. The number of thiazole rings is 1. The highest BCUT2D eigenvalue weighted by atomic mass is 35.5. The van der Waals surface area contributed by atoms with E-state index < -0.39 is 0 Å². The molecule has 0 bridgehead atoms. The lowest BCUT2D eigenvalue weighted by Crippen LogP contribution is -2.22. The van der Waals surface area contributed by atoms with Crippen molar-refractivity contribution in [2.75, 3.05) is 6.61 Å². The quantitative estimate of drug-likeness (QED) is 0.567. The van der Waals surface area contributed by atoms with Gasteiger partial charge in [-0.2, -0.15) is 0 Å². The van der Waals surface area contributed by atoms with Crippen molar-refractivity contribution in [1.82, 2.24) is 9.38 Å². The van der Waals surface area contributed by atoms with Crippen molar-refractivity contribution in [1.29, 1.82) is 0 Å². The van der Waals surface area contributed by atoms with Crippen LogP contribution < -0.4 is 14.8 Å². The molecular formula is C20H17ClN2O3S. The second kappa shape index (κ2) is 6.55. The molecule has 0 radical (unpaired) electrons. The lowest BCUT2D eigenvalue weighted by Gasteiger charge is -2.08. The van der Waals surface area contributed by atoms with E-state index in [2.05, 4.69) is 4.98 Å². The van der Waals surface area contributed by atoms with Crippen molar-refractivity contribution in [2.45, 2.75) is 20.8 Å². The molecule has 0 amide bonds. The first-order valence-electron chi connectivity index (χ1n) is 8.49. The predicted molar refractivity (Wildman–Crippen MR) is 109 cm³/mol. The molecule has 0 fully saturated rings. The fourth-order valence-corrected chi connectivity index (χ4v) is 4.26. The van der Waals surface area contributed by atoms with Gasteiger partial charge in [-0.05, 0) is 61.7 Å². The molecule has 2 aromatic carbocycles. The lowest BCUT2D eigenvalue weighted by atomic mass is 10.1.